The number of hydrogen-bond acceptors (Lipinski definition) is 6. The van der Waals surface area contributed by atoms with Crippen LogP contribution in [0.3, 0.4) is 0 Å². The molecule has 0 saturated carbocycles. The summed E-state index contributed by atoms with van der Waals surface area (Å²) < 4.78 is 5.34. The molecule has 0 bridgehead atoms. The third-order valence-corrected chi connectivity index (χ3v) is 4.28. The number of aliphatic imine (C=N–C) groups is 1. The summed E-state index contributed by atoms with van der Waals surface area (Å²) in [5.74, 6) is 3.17. The van der Waals surface area contributed by atoms with Crippen LogP contribution in [-0.2, 0) is 12.0 Å². The molecule has 0 unspecified atom stereocenters. The van der Waals surface area contributed by atoms with E-state index in [0.29, 0.717) is 18.3 Å². The van der Waals surface area contributed by atoms with E-state index in [2.05, 4.69) is 56.0 Å². The fourth-order valence-electron chi connectivity index (χ4n) is 2.81. The summed E-state index contributed by atoms with van der Waals surface area (Å²) >= 11 is 0. The second kappa shape index (κ2) is 7.72. The highest BCUT2D eigenvalue weighted by atomic mass is 16.5. The lowest BCUT2D eigenvalue weighted by Crippen LogP contribution is -2.52. The smallest absolute Gasteiger partial charge is 0.232 e. The fraction of sp³-hybridized carbons (Fsp3) is 0.556. The quantitative estimate of drug-likeness (QED) is 0.661. The van der Waals surface area contributed by atoms with Crippen LogP contribution in [0.1, 0.15) is 32.5 Å². The number of nitrogens with zero attached hydrogens (tertiary/aromatic N) is 6. The van der Waals surface area contributed by atoms with Crippen molar-refractivity contribution in [3.05, 3.63) is 36.1 Å². The van der Waals surface area contributed by atoms with Crippen LogP contribution in [0.4, 0.5) is 5.82 Å². The molecule has 0 aromatic carbocycles. The van der Waals surface area contributed by atoms with Crippen molar-refractivity contribution in [2.24, 2.45) is 4.99 Å². The molecule has 0 aliphatic carbocycles. The Hall–Kier alpha value is -2.64. The zero-order chi connectivity index (χ0) is 18.6. The Labute approximate surface area is 154 Å². The summed E-state index contributed by atoms with van der Waals surface area (Å²) in [5, 5.41) is 7.38. The number of rotatable bonds is 3. The number of piperazine rings is 1. The topological polar surface area (TPSA) is 82.7 Å². The number of aromatic nitrogens is 3. The predicted octanol–water partition coefficient (Wildman–Crippen LogP) is 1.66. The Morgan fingerprint density at radius 2 is 2.00 bits per heavy atom. The van der Waals surface area contributed by atoms with E-state index in [1.165, 1.54) is 0 Å². The predicted molar refractivity (Wildman–Crippen MR) is 101 cm³/mol. The molecule has 0 spiro atoms. The van der Waals surface area contributed by atoms with Crippen LogP contribution in [0.5, 0.6) is 0 Å². The summed E-state index contributed by atoms with van der Waals surface area (Å²) in [7, 11) is 1.80. The molecule has 8 nitrogen and oxygen atoms in total. The number of nitrogens with one attached hydrogen (secondary N) is 1. The normalized spacial score (nSPS) is 16.1. The second-order valence-electron chi connectivity index (χ2n) is 7.33. The van der Waals surface area contributed by atoms with Gasteiger partial charge in [-0.05, 0) is 12.1 Å². The van der Waals surface area contributed by atoms with Crippen LogP contribution in [0, 0.1) is 0 Å². The van der Waals surface area contributed by atoms with Crippen LogP contribution < -0.4 is 10.2 Å². The van der Waals surface area contributed by atoms with E-state index in [-0.39, 0.29) is 5.41 Å². The van der Waals surface area contributed by atoms with E-state index in [1.807, 2.05) is 24.4 Å². The molecule has 1 saturated heterocycles. The van der Waals surface area contributed by atoms with E-state index < -0.39 is 0 Å². The molecule has 0 atom stereocenters. The lowest BCUT2D eigenvalue weighted by atomic mass is 9.97. The van der Waals surface area contributed by atoms with Gasteiger partial charge in [0.1, 0.15) is 5.82 Å². The maximum absolute atomic E-state index is 5.34. The summed E-state index contributed by atoms with van der Waals surface area (Å²) in [6, 6.07) is 6.01. The number of hydrogen-bond donors (Lipinski definition) is 1. The van der Waals surface area contributed by atoms with E-state index in [1.54, 1.807) is 7.05 Å². The van der Waals surface area contributed by atoms with Crippen molar-refractivity contribution in [1.29, 1.82) is 0 Å². The first-order chi connectivity index (χ1) is 12.5. The van der Waals surface area contributed by atoms with Crippen LogP contribution in [0.15, 0.2) is 33.9 Å². The molecule has 1 aliphatic rings. The van der Waals surface area contributed by atoms with Gasteiger partial charge in [-0.25, -0.2) is 4.98 Å². The van der Waals surface area contributed by atoms with Gasteiger partial charge in [0, 0.05) is 44.8 Å². The molecule has 1 N–H and O–H groups in total. The Morgan fingerprint density at radius 3 is 2.58 bits per heavy atom. The van der Waals surface area contributed by atoms with Gasteiger partial charge in [0.15, 0.2) is 11.8 Å². The Kier molecular flexibility index (Phi) is 5.39. The van der Waals surface area contributed by atoms with Crippen molar-refractivity contribution < 1.29 is 4.52 Å². The molecule has 3 heterocycles. The Balaban J connectivity index is 1.53. The van der Waals surface area contributed by atoms with Crippen LogP contribution in [-0.4, -0.2) is 59.2 Å². The number of guanidine groups is 1. The van der Waals surface area contributed by atoms with Gasteiger partial charge in [-0.1, -0.05) is 32.0 Å². The first-order valence-corrected chi connectivity index (χ1v) is 8.92. The van der Waals surface area contributed by atoms with E-state index in [0.717, 1.165) is 38.0 Å². The van der Waals surface area contributed by atoms with Gasteiger partial charge in [0.2, 0.25) is 5.89 Å². The van der Waals surface area contributed by atoms with Crippen molar-refractivity contribution >= 4 is 11.8 Å². The maximum Gasteiger partial charge on any atom is 0.232 e. The molecule has 0 radical (unpaired) electrons. The zero-order valence-electron chi connectivity index (χ0n) is 15.9. The molecule has 26 heavy (non-hydrogen) atoms. The molecule has 2 aromatic heterocycles. The summed E-state index contributed by atoms with van der Waals surface area (Å²) in [4.78, 5) is 17.8. The molecule has 2 aromatic rings. The highest BCUT2D eigenvalue weighted by molar-refractivity contribution is 5.80. The average molecular weight is 357 g/mol. The minimum absolute atomic E-state index is 0.144. The van der Waals surface area contributed by atoms with Gasteiger partial charge in [0.25, 0.3) is 0 Å². The van der Waals surface area contributed by atoms with Gasteiger partial charge in [-0.2, -0.15) is 4.98 Å². The molecular weight excluding hydrogens is 330 g/mol. The van der Waals surface area contributed by atoms with Gasteiger partial charge >= 0.3 is 0 Å². The SMILES string of the molecule is CN=C(NCc1noc(C(C)(C)C)n1)N1CCN(c2ccccn2)CC1. The van der Waals surface area contributed by atoms with E-state index in [4.69, 9.17) is 4.52 Å². The molecule has 1 aliphatic heterocycles. The lowest BCUT2D eigenvalue weighted by molar-refractivity contribution is 0.317. The minimum Gasteiger partial charge on any atom is -0.353 e. The van der Waals surface area contributed by atoms with Crippen molar-refractivity contribution in [1.82, 2.24) is 25.3 Å². The summed E-state index contributed by atoms with van der Waals surface area (Å²) in [6.07, 6.45) is 1.83. The summed E-state index contributed by atoms with van der Waals surface area (Å²) in [6.45, 7) is 10.2. The summed E-state index contributed by atoms with van der Waals surface area (Å²) in [5.41, 5.74) is -0.144. The van der Waals surface area contributed by atoms with Crippen LogP contribution >= 0.6 is 0 Å². The van der Waals surface area contributed by atoms with Gasteiger partial charge < -0.3 is 19.6 Å². The van der Waals surface area contributed by atoms with E-state index >= 15 is 0 Å². The van der Waals surface area contributed by atoms with Gasteiger partial charge in [0.05, 0.1) is 6.54 Å². The molecule has 1 fully saturated rings. The third kappa shape index (κ3) is 4.30. The van der Waals surface area contributed by atoms with Crippen molar-refractivity contribution in [3.8, 4) is 0 Å². The zero-order valence-corrected chi connectivity index (χ0v) is 15.9. The standard InChI is InChI=1S/C18H27N7O/c1-18(2,3)16-22-14(23-26-16)13-21-17(19-4)25-11-9-24(10-12-25)15-7-5-6-8-20-15/h5-8H,9-13H2,1-4H3,(H,19,21). The van der Waals surface area contributed by atoms with Gasteiger partial charge in [-0.3, -0.25) is 4.99 Å². The van der Waals surface area contributed by atoms with Crippen molar-refractivity contribution in [2.45, 2.75) is 32.7 Å². The highest BCUT2D eigenvalue weighted by Crippen LogP contribution is 2.19. The molecule has 8 heteroatoms. The molecule has 3 rings (SSSR count). The largest absolute Gasteiger partial charge is 0.353 e. The monoisotopic (exact) mass is 357 g/mol. The first-order valence-electron chi connectivity index (χ1n) is 8.92. The average Bonchev–Trinajstić information content (AvgIpc) is 3.13. The van der Waals surface area contributed by atoms with Crippen LogP contribution in [0.2, 0.25) is 0 Å². The van der Waals surface area contributed by atoms with Crippen LogP contribution in [0.25, 0.3) is 0 Å². The third-order valence-electron chi connectivity index (χ3n) is 4.28. The van der Waals surface area contributed by atoms with Crippen molar-refractivity contribution in [3.63, 3.8) is 0 Å². The first kappa shape index (κ1) is 18.2. The Morgan fingerprint density at radius 1 is 1.23 bits per heavy atom. The fourth-order valence-corrected chi connectivity index (χ4v) is 2.81. The molecule has 0 amide bonds. The van der Waals surface area contributed by atoms with Gasteiger partial charge in [-0.15, -0.1) is 0 Å². The lowest BCUT2D eigenvalue weighted by Gasteiger charge is -2.37. The van der Waals surface area contributed by atoms with E-state index in [9.17, 15) is 0 Å². The molecular formula is C18H27N7O. The molecule has 140 valence electrons. The maximum atomic E-state index is 5.34. The second-order valence-corrected chi connectivity index (χ2v) is 7.33. The number of pyridine rings is 1. The number of anilines is 1. The highest BCUT2D eigenvalue weighted by Gasteiger charge is 2.23. The minimum atomic E-state index is -0.144. The Bertz CT molecular complexity index is 727. The van der Waals surface area contributed by atoms with Crippen molar-refractivity contribution in [2.75, 3.05) is 38.1 Å².